The quantitative estimate of drug-likeness (QED) is 0.399. The summed E-state index contributed by atoms with van der Waals surface area (Å²) in [6.45, 7) is 5.77. The molecule has 1 heterocycles. The molecular formula is C25H27NO6. The van der Waals surface area contributed by atoms with Gasteiger partial charge >= 0.3 is 11.6 Å². The molecule has 0 spiro atoms. The van der Waals surface area contributed by atoms with Crippen molar-refractivity contribution < 1.29 is 23.5 Å². The summed E-state index contributed by atoms with van der Waals surface area (Å²) in [7, 11) is 0. The molecule has 0 saturated carbocycles. The predicted molar refractivity (Wildman–Crippen MR) is 121 cm³/mol. The first-order chi connectivity index (χ1) is 15.4. The van der Waals surface area contributed by atoms with Crippen molar-refractivity contribution >= 4 is 22.8 Å². The monoisotopic (exact) mass is 437 g/mol. The van der Waals surface area contributed by atoms with Crippen molar-refractivity contribution in [3.63, 3.8) is 0 Å². The third-order valence-corrected chi connectivity index (χ3v) is 4.98. The number of rotatable bonds is 9. The van der Waals surface area contributed by atoms with Gasteiger partial charge in [-0.2, -0.15) is 0 Å². The van der Waals surface area contributed by atoms with E-state index in [2.05, 4.69) is 5.32 Å². The Kier molecular flexibility index (Phi) is 7.65. The largest absolute Gasteiger partial charge is 0.489 e. The van der Waals surface area contributed by atoms with E-state index in [-0.39, 0.29) is 25.2 Å². The van der Waals surface area contributed by atoms with Crippen LogP contribution in [0.1, 0.15) is 48.2 Å². The normalized spacial score (nSPS) is 11.7. The summed E-state index contributed by atoms with van der Waals surface area (Å²) in [5.74, 6) is -0.306. The molecule has 1 N–H and O–H groups in total. The first-order valence-corrected chi connectivity index (χ1v) is 10.6. The third-order valence-electron chi connectivity index (χ3n) is 4.98. The van der Waals surface area contributed by atoms with E-state index in [1.165, 1.54) is 6.07 Å². The van der Waals surface area contributed by atoms with E-state index >= 15 is 0 Å². The fourth-order valence-corrected chi connectivity index (χ4v) is 3.33. The molecule has 0 radical (unpaired) electrons. The average molecular weight is 437 g/mol. The zero-order valence-electron chi connectivity index (χ0n) is 18.5. The second-order valence-electron chi connectivity index (χ2n) is 7.73. The van der Waals surface area contributed by atoms with Gasteiger partial charge in [0.1, 0.15) is 17.9 Å². The van der Waals surface area contributed by atoms with Crippen LogP contribution in [-0.4, -0.2) is 24.5 Å². The maximum atomic E-state index is 12.2. The van der Waals surface area contributed by atoms with Crippen LogP contribution in [0.5, 0.6) is 5.75 Å². The van der Waals surface area contributed by atoms with E-state index in [9.17, 15) is 14.4 Å². The van der Waals surface area contributed by atoms with Crippen LogP contribution < -0.4 is 15.7 Å². The molecule has 0 bridgehead atoms. The lowest BCUT2D eigenvalue weighted by Crippen LogP contribution is -2.35. The molecule has 32 heavy (non-hydrogen) atoms. The first-order valence-electron chi connectivity index (χ1n) is 10.6. The van der Waals surface area contributed by atoms with Crippen molar-refractivity contribution in [3.8, 4) is 5.75 Å². The number of benzene rings is 2. The number of hydrogen-bond donors (Lipinski definition) is 1. The second-order valence-corrected chi connectivity index (χ2v) is 7.73. The van der Waals surface area contributed by atoms with Gasteiger partial charge in [-0.1, -0.05) is 25.5 Å². The van der Waals surface area contributed by atoms with Crippen LogP contribution in [-0.2, 0) is 16.1 Å². The van der Waals surface area contributed by atoms with Crippen molar-refractivity contribution in [1.82, 2.24) is 5.32 Å². The van der Waals surface area contributed by atoms with Crippen molar-refractivity contribution in [2.45, 2.75) is 46.3 Å². The average Bonchev–Trinajstić information content (AvgIpc) is 2.76. The number of carbonyl (C=O) groups excluding carboxylic acids is 2. The summed E-state index contributed by atoms with van der Waals surface area (Å²) in [6, 6.07) is 13.6. The molecule has 0 unspecified atom stereocenters. The Morgan fingerprint density at radius 1 is 1.09 bits per heavy atom. The van der Waals surface area contributed by atoms with E-state index in [0.29, 0.717) is 16.9 Å². The zero-order valence-corrected chi connectivity index (χ0v) is 18.5. The summed E-state index contributed by atoms with van der Waals surface area (Å²) >= 11 is 0. The molecule has 0 aliphatic rings. The standard InChI is InChI=1S/C25H27NO6/c1-4-5-17(3)26-23(27)15-31-25(29)19-8-6-18(7-9-19)14-30-20-10-11-21-16(2)12-24(28)32-22(21)13-20/h6-13,17H,4-5,14-15H2,1-3H3,(H,26,27)/t17-/m0/s1. The Hall–Kier alpha value is -3.61. The molecular weight excluding hydrogens is 410 g/mol. The fourth-order valence-electron chi connectivity index (χ4n) is 3.33. The van der Waals surface area contributed by atoms with E-state index in [4.69, 9.17) is 13.9 Å². The number of fused-ring (bicyclic) bond motifs is 1. The maximum Gasteiger partial charge on any atom is 0.338 e. The lowest BCUT2D eigenvalue weighted by atomic mass is 10.1. The molecule has 0 aliphatic carbocycles. The van der Waals surface area contributed by atoms with Gasteiger partial charge in [0, 0.05) is 23.6 Å². The highest BCUT2D eigenvalue weighted by Gasteiger charge is 2.12. The van der Waals surface area contributed by atoms with E-state index in [1.54, 1.807) is 30.3 Å². The summed E-state index contributed by atoms with van der Waals surface area (Å²) < 4.78 is 16.1. The van der Waals surface area contributed by atoms with Gasteiger partial charge in [-0.15, -0.1) is 0 Å². The van der Waals surface area contributed by atoms with Crippen LogP contribution in [0.4, 0.5) is 0 Å². The van der Waals surface area contributed by atoms with Crippen molar-refractivity contribution in [2.75, 3.05) is 6.61 Å². The molecule has 3 rings (SSSR count). The minimum atomic E-state index is -0.560. The smallest absolute Gasteiger partial charge is 0.338 e. The molecule has 7 nitrogen and oxygen atoms in total. The van der Waals surface area contributed by atoms with Crippen LogP contribution in [0.2, 0.25) is 0 Å². The van der Waals surface area contributed by atoms with Gasteiger partial charge in [0.15, 0.2) is 6.61 Å². The van der Waals surface area contributed by atoms with Crippen LogP contribution in [0.15, 0.2) is 57.7 Å². The van der Waals surface area contributed by atoms with Crippen molar-refractivity contribution in [1.29, 1.82) is 0 Å². The van der Waals surface area contributed by atoms with Crippen LogP contribution in [0.25, 0.3) is 11.0 Å². The lowest BCUT2D eigenvalue weighted by Gasteiger charge is -2.12. The van der Waals surface area contributed by atoms with Crippen LogP contribution in [0.3, 0.4) is 0 Å². The van der Waals surface area contributed by atoms with Gasteiger partial charge in [0.25, 0.3) is 5.91 Å². The number of hydrogen-bond acceptors (Lipinski definition) is 6. The summed E-state index contributed by atoms with van der Waals surface area (Å²) in [5, 5.41) is 3.64. The van der Waals surface area contributed by atoms with Gasteiger partial charge in [0.05, 0.1) is 5.56 Å². The number of ether oxygens (including phenoxy) is 2. The molecule has 3 aromatic rings. The summed E-state index contributed by atoms with van der Waals surface area (Å²) in [4.78, 5) is 35.6. The molecule has 168 valence electrons. The van der Waals surface area contributed by atoms with Gasteiger partial charge in [-0.3, -0.25) is 4.79 Å². The maximum absolute atomic E-state index is 12.2. The van der Waals surface area contributed by atoms with E-state index in [0.717, 1.165) is 29.4 Å². The summed E-state index contributed by atoms with van der Waals surface area (Å²) in [6.07, 6.45) is 1.84. The highest BCUT2D eigenvalue weighted by molar-refractivity contribution is 5.91. The number of esters is 1. The highest BCUT2D eigenvalue weighted by Crippen LogP contribution is 2.23. The van der Waals surface area contributed by atoms with E-state index in [1.807, 2.05) is 32.9 Å². The molecule has 0 saturated heterocycles. The van der Waals surface area contributed by atoms with Crippen molar-refractivity contribution in [3.05, 3.63) is 75.6 Å². The lowest BCUT2D eigenvalue weighted by molar-refractivity contribution is -0.124. The highest BCUT2D eigenvalue weighted by atomic mass is 16.5. The molecule has 2 aromatic carbocycles. The Labute approximate surface area is 186 Å². The molecule has 0 fully saturated rings. The number of carbonyl (C=O) groups is 2. The van der Waals surface area contributed by atoms with Gasteiger partial charge in [-0.05, 0) is 55.7 Å². The SMILES string of the molecule is CCC[C@H](C)NC(=O)COC(=O)c1ccc(COc2ccc3c(C)cc(=O)oc3c2)cc1. The van der Waals surface area contributed by atoms with E-state index < -0.39 is 11.6 Å². The van der Waals surface area contributed by atoms with Crippen molar-refractivity contribution in [2.24, 2.45) is 0 Å². The topological polar surface area (TPSA) is 94.8 Å². The minimum Gasteiger partial charge on any atom is -0.489 e. The Balaban J connectivity index is 1.53. The number of aryl methyl sites for hydroxylation is 1. The predicted octanol–water partition coefficient (Wildman–Crippen LogP) is 4.14. The molecule has 0 aliphatic heterocycles. The first kappa shape index (κ1) is 23.1. The van der Waals surface area contributed by atoms with Crippen LogP contribution >= 0.6 is 0 Å². The third kappa shape index (κ3) is 6.20. The Morgan fingerprint density at radius 2 is 1.84 bits per heavy atom. The number of amides is 1. The Morgan fingerprint density at radius 3 is 2.56 bits per heavy atom. The molecule has 1 aromatic heterocycles. The van der Waals surface area contributed by atoms with Gasteiger partial charge < -0.3 is 19.2 Å². The zero-order chi connectivity index (χ0) is 23.1. The minimum absolute atomic E-state index is 0.0492. The molecule has 1 atom stereocenters. The van der Waals surface area contributed by atoms with Gasteiger partial charge in [-0.25, -0.2) is 9.59 Å². The summed E-state index contributed by atoms with van der Waals surface area (Å²) in [5.41, 5.74) is 2.11. The molecule has 7 heteroatoms. The van der Waals surface area contributed by atoms with Gasteiger partial charge in [0.2, 0.25) is 0 Å². The van der Waals surface area contributed by atoms with Crippen LogP contribution in [0, 0.1) is 6.92 Å². The molecule has 1 amide bonds. The fraction of sp³-hybridized carbons (Fsp3) is 0.320. The Bertz CT molecular complexity index is 1150. The second kappa shape index (κ2) is 10.6. The number of nitrogens with one attached hydrogen (secondary N) is 1.